The molecule has 2 aromatic heterocycles. The molecule has 2 aromatic rings. The minimum absolute atomic E-state index is 0.0821. The van der Waals surface area contributed by atoms with E-state index in [0.717, 1.165) is 17.1 Å². The number of nitrogens with one attached hydrogen (secondary N) is 1. The number of ether oxygens (including phenoxy) is 1. The number of rotatable bonds is 1. The number of aromatic nitrogens is 2. The van der Waals surface area contributed by atoms with Crippen LogP contribution in [0.3, 0.4) is 0 Å². The summed E-state index contributed by atoms with van der Waals surface area (Å²) in [7, 11) is 0. The molecule has 0 fully saturated rings. The van der Waals surface area contributed by atoms with E-state index in [1.54, 1.807) is 12.3 Å². The van der Waals surface area contributed by atoms with Crippen molar-refractivity contribution in [2.75, 3.05) is 23.8 Å². The molecule has 0 aromatic carbocycles. The molecule has 0 bridgehead atoms. The highest BCUT2D eigenvalue weighted by molar-refractivity contribution is 7.18. The zero-order valence-electron chi connectivity index (χ0n) is 12.2. The molecule has 22 heavy (non-hydrogen) atoms. The monoisotopic (exact) mass is 317 g/mol. The summed E-state index contributed by atoms with van der Waals surface area (Å²) in [4.78, 5) is 24.2. The van der Waals surface area contributed by atoms with Gasteiger partial charge in [0.1, 0.15) is 22.8 Å². The molecule has 7 nitrogen and oxygen atoms in total. The second-order valence-corrected chi connectivity index (χ2v) is 6.77. The molecule has 4 rings (SSSR count). The highest BCUT2D eigenvalue weighted by Crippen LogP contribution is 2.52. The van der Waals surface area contributed by atoms with E-state index in [9.17, 15) is 4.79 Å². The molecule has 114 valence electrons. The number of carbonyl (C=O) groups is 1. The predicted octanol–water partition coefficient (Wildman–Crippen LogP) is 1.47. The molecule has 1 amide bonds. The Hall–Kier alpha value is -2.35. The predicted molar refractivity (Wildman–Crippen MR) is 84.1 cm³/mol. The third-order valence-corrected chi connectivity index (χ3v) is 5.06. The van der Waals surface area contributed by atoms with E-state index >= 15 is 0 Å². The molecular formula is C14H15N5O2S. The van der Waals surface area contributed by atoms with Crippen molar-refractivity contribution in [1.82, 2.24) is 15.3 Å². The summed E-state index contributed by atoms with van der Waals surface area (Å²) in [5.74, 6) is 0.835. The third-order valence-electron chi connectivity index (χ3n) is 3.88. The van der Waals surface area contributed by atoms with Crippen molar-refractivity contribution in [3.63, 3.8) is 0 Å². The second kappa shape index (κ2) is 4.33. The van der Waals surface area contributed by atoms with Crippen molar-refractivity contribution in [1.29, 1.82) is 0 Å². The molecule has 2 aliphatic heterocycles. The molecule has 0 atom stereocenters. The molecular weight excluding hydrogens is 302 g/mol. The summed E-state index contributed by atoms with van der Waals surface area (Å²) < 4.78 is 5.86. The Morgan fingerprint density at radius 3 is 3.05 bits per heavy atom. The Balaban J connectivity index is 1.95. The van der Waals surface area contributed by atoms with Gasteiger partial charge in [-0.3, -0.25) is 4.79 Å². The van der Waals surface area contributed by atoms with Gasteiger partial charge in [0.25, 0.3) is 5.91 Å². The topological polar surface area (TPSA) is 93.4 Å². The van der Waals surface area contributed by atoms with Crippen LogP contribution in [0.25, 0.3) is 10.6 Å². The van der Waals surface area contributed by atoms with Crippen molar-refractivity contribution >= 4 is 28.9 Å². The number of hydrogen-bond donors (Lipinski definition) is 2. The standard InChI is InChI=1S/C14H15N5O2S/c1-14(2)18-12(20)11-8-9(21-6-5-19(8)14)10(22-11)7-3-4-16-13(15)17-7/h3-4H,5-6H2,1-2H3,(H,18,20)(H2,15,16,17). The molecule has 0 unspecified atom stereocenters. The van der Waals surface area contributed by atoms with Gasteiger partial charge in [0.05, 0.1) is 17.1 Å². The van der Waals surface area contributed by atoms with Crippen molar-refractivity contribution in [2.45, 2.75) is 19.5 Å². The first-order valence-electron chi connectivity index (χ1n) is 6.96. The molecule has 0 radical (unpaired) electrons. The normalized spacial score (nSPS) is 18.5. The summed E-state index contributed by atoms with van der Waals surface area (Å²) in [6, 6.07) is 1.77. The number of amides is 1. The second-order valence-electron chi connectivity index (χ2n) is 5.75. The molecule has 0 saturated heterocycles. The zero-order valence-corrected chi connectivity index (χ0v) is 13.0. The fraction of sp³-hybridized carbons (Fsp3) is 0.357. The molecule has 0 aliphatic carbocycles. The van der Waals surface area contributed by atoms with E-state index in [4.69, 9.17) is 10.5 Å². The van der Waals surface area contributed by atoms with Crippen molar-refractivity contribution in [3.05, 3.63) is 17.1 Å². The van der Waals surface area contributed by atoms with Gasteiger partial charge in [-0.15, -0.1) is 11.3 Å². The fourth-order valence-corrected chi connectivity index (χ4v) is 4.04. The Kier molecular flexibility index (Phi) is 2.62. The smallest absolute Gasteiger partial charge is 0.265 e. The Morgan fingerprint density at radius 1 is 1.45 bits per heavy atom. The van der Waals surface area contributed by atoms with Crippen molar-refractivity contribution in [3.8, 4) is 16.3 Å². The highest BCUT2D eigenvalue weighted by Gasteiger charge is 2.43. The molecule has 8 heteroatoms. The average molecular weight is 317 g/mol. The van der Waals surface area contributed by atoms with E-state index in [-0.39, 0.29) is 11.9 Å². The summed E-state index contributed by atoms with van der Waals surface area (Å²) in [6.45, 7) is 5.28. The van der Waals surface area contributed by atoms with Gasteiger partial charge in [-0.25, -0.2) is 9.97 Å². The molecule has 0 spiro atoms. The summed E-state index contributed by atoms with van der Waals surface area (Å²) in [5, 5.41) is 3.03. The van der Waals surface area contributed by atoms with Crippen molar-refractivity contribution in [2.24, 2.45) is 0 Å². The lowest BCUT2D eigenvalue weighted by molar-refractivity contribution is 0.0895. The van der Waals surface area contributed by atoms with E-state index in [1.807, 2.05) is 13.8 Å². The maximum Gasteiger partial charge on any atom is 0.265 e. The fourth-order valence-electron chi connectivity index (χ4n) is 2.92. The van der Waals surface area contributed by atoms with Crippen LogP contribution in [0.4, 0.5) is 11.6 Å². The molecule has 0 saturated carbocycles. The van der Waals surface area contributed by atoms with Crippen LogP contribution in [0.1, 0.15) is 23.5 Å². The quantitative estimate of drug-likeness (QED) is 0.827. The Morgan fingerprint density at radius 2 is 2.27 bits per heavy atom. The van der Waals surface area contributed by atoms with Gasteiger partial charge in [0.15, 0.2) is 5.75 Å². The average Bonchev–Trinajstić information content (AvgIpc) is 2.85. The summed E-state index contributed by atoms with van der Waals surface area (Å²) >= 11 is 1.38. The van der Waals surface area contributed by atoms with Crippen LogP contribution in [-0.4, -0.2) is 34.7 Å². The van der Waals surface area contributed by atoms with Gasteiger partial charge in [0.2, 0.25) is 5.95 Å². The van der Waals surface area contributed by atoms with Gasteiger partial charge in [-0.1, -0.05) is 0 Å². The van der Waals surface area contributed by atoms with Crippen LogP contribution in [0.5, 0.6) is 5.75 Å². The lowest BCUT2D eigenvalue weighted by Gasteiger charge is -2.45. The SMILES string of the molecule is CC1(C)NC(=O)c2sc(-c3ccnc(N)n3)c3c2N1CCO3. The van der Waals surface area contributed by atoms with E-state index in [0.29, 0.717) is 22.9 Å². The third kappa shape index (κ3) is 1.77. The number of thiophene rings is 1. The van der Waals surface area contributed by atoms with Gasteiger partial charge in [-0.05, 0) is 19.9 Å². The van der Waals surface area contributed by atoms with E-state index < -0.39 is 5.66 Å². The Labute approximate surface area is 131 Å². The number of anilines is 2. The van der Waals surface area contributed by atoms with Gasteiger partial charge >= 0.3 is 0 Å². The number of hydrogen-bond acceptors (Lipinski definition) is 7. The van der Waals surface area contributed by atoms with Gasteiger partial charge in [-0.2, -0.15) is 0 Å². The Bertz CT molecular complexity index is 786. The first-order valence-corrected chi connectivity index (χ1v) is 7.77. The molecule has 4 heterocycles. The first kappa shape index (κ1) is 13.3. The van der Waals surface area contributed by atoms with Crippen LogP contribution < -0.4 is 20.7 Å². The van der Waals surface area contributed by atoms with Crippen LogP contribution in [-0.2, 0) is 0 Å². The number of nitrogens with zero attached hydrogens (tertiary/aromatic N) is 3. The minimum Gasteiger partial charge on any atom is -0.488 e. The van der Waals surface area contributed by atoms with Gasteiger partial charge < -0.3 is 20.7 Å². The first-order chi connectivity index (χ1) is 10.5. The maximum atomic E-state index is 12.4. The van der Waals surface area contributed by atoms with Crippen LogP contribution in [0.15, 0.2) is 12.3 Å². The van der Waals surface area contributed by atoms with E-state index in [1.165, 1.54) is 11.3 Å². The number of nitrogens with two attached hydrogens (primary N) is 1. The van der Waals surface area contributed by atoms with Crippen LogP contribution >= 0.6 is 11.3 Å². The number of nitrogen functional groups attached to an aromatic ring is 1. The zero-order chi connectivity index (χ0) is 15.5. The maximum absolute atomic E-state index is 12.4. The van der Waals surface area contributed by atoms with E-state index in [2.05, 4.69) is 20.2 Å². The van der Waals surface area contributed by atoms with Crippen molar-refractivity contribution < 1.29 is 9.53 Å². The summed E-state index contributed by atoms with van der Waals surface area (Å²) in [6.07, 6.45) is 1.60. The minimum atomic E-state index is -0.439. The van der Waals surface area contributed by atoms with Crippen LogP contribution in [0, 0.1) is 0 Å². The lowest BCUT2D eigenvalue weighted by Crippen LogP contribution is -2.61. The molecule has 2 aliphatic rings. The largest absolute Gasteiger partial charge is 0.488 e. The number of carbonyl (C=O) groups excluding carboxylic acids is 1. The van der Waals surface area contributed by atoms with Crippen LogP contribution in [0.2, 0.25) is 0 Å². The molecule has 3 N–H and O–H groups in total. The highest BCUT2D eigenvalue weighted by atomic mass is 32.1. The lowest BCUT2D eigenvalue weighted by atomic mass is 10.1. The summed E-state index contributed by atoms with van der Waals surface area (Å²) in [5.41, 5.74) is 6.77. The van der Waals surface area contributed by atoms with Gasteiger partial charge in [0, 0.05) is 6.20 Å².